The molecule has 0 N–H and O–H groups in total. The first-order chi connectivity index (χ1) is 6.91. The lowest BCUT2D eigenvalue weighted by Gasteiger charge is -2.13. The normalized spacial score (nSPS) is 10.5. The summed E-state index contributed by atoms with van der Waals surface area (Å²) in [5.74, 6) is 0.579. The van der Waals surface area contributed by atoms with Crippen LogP contribution in [0.1, 0.15) is 37.8 Å². The maximum Gasteiger partial charge on any atom is 0.308 e. The summed E-state index contributed by atoms with van der Waals surface area (Å²) < 4.78 is 5.14. The van der Waals surface area contributed by atoms with Crippen LogP contribution in [0.2, 0.25) is 5.02 Å². The van der Waals surface area contributed by atoms with Gasteiger partial charge in [-0.2, -0.15) is 0 Å². The molecule has 0 atom stereocenters. The summed E-state index contributed by atoms with van der Waals surface area (Å²) in [7, 11) is 0. The van der Waals surface area contributed by atoms with Gasteiger partial charge in [0.1, 0.15) is 5.75 Å². The number of hydrogen-bond acceptors (Lipinski definition) is 2. The Labute approximate surface area is 95.2 Å². The Morgan fingerprint density at radius 1 is 1.40 bits per heavy atom. The molecule has 82 valence electrons. The second-order valence-electron chi connectivity index (χ2n) is 3.89. The molecule has 3 heteroatoms. The van der Waals surface area contributed by atoms with E-state index < -0.39 is 0 Å². The van der Waals surface area contributed by atoms with Crippen LogP contribution >= 0.6 is 11.6 Å². The van der Waals surface area contributed by atoms with Crippen LogP contribution in [0, 0.1) is 6.92 Å². The Morgan fingerprint density at radius 3 is 2.47 bits per heavy atom. The number of rotatable bonds is 2. The number of halogens is 1. The quantitative estimate of drug-likeness (QED) is 0.568. The number of hydrogen-bond donors (Lipinski definition) is 0. The van der Waals surface area contributed by atoms with Gasteiger partial charge in [0.05, 0.1) is 0 Å². The van der Waals surface area contributed by atoms with Gasteiger partial charge >= 0.3 is 5.97 Å². The lowest BCUT2D eigenvalue weighted by molar-refractivity contribution is -0.131. The third-order valence-corrected chi connectivity index (χ3v) is 2.57. The van der Waals surface area contributed by atoms with Gasteiger partial charge in [0.25, 0.3) is 0 Å². The average Bonchev–Trinajstić information content (AvgIpc) is 2.09. The van der Waals surface area contributed by atoms with Gasteiger partial charge in [-0.25, -0.2) is 0 Å². The number of ether oxygens (including phenoxy) is 1. The first kappa shape index (κ1) is 12.1. The molecule has 0 aromatic heterocycles. The maximum atomic E-state index is 10.9. The minimum atomic E-state index is -0.307. The highest BCUT2D eigenvalue weighted by Crippen LogP contribution is 2.31. The standard InChI is InChI=1S/C12H15ClO2/c1-7(2)10-6-11(13)8(3)5-12(10)15-9(4)14/h5-7H,1-4H3. The molecule has 0 amide bonds. The zero-order valence-corrected chi connectivity index (χ0v) is 10.2. The molecule has 0 heterocycles. The van der Waals surface area contributed by atoms with Crippen LogP contribution in [0.25, 0.3) is 0 Å². The number of esters is 1. The van der Waals surface area contributed by atoms with Crippen molar-refractivity contribution in [2.45, 2.75) is 33.6 Å². The Balaban J connectivity index is 3.21. The number of carbonyl (C=O) groups is 1. The second-order valence-corrected chi connectivity index (χ2v) is 4.29. The van der Waals surface area contributed by atoms with Gasteiger partial charge in [0, 0.05) is 11.9 Å². The molecule has 0 aliphatic rings. The SMILES string of the molecule is CC(=O)Oc1cc(C)c(Cl)cc1C(C)C. The van der Waals surface area contributed by atoms with Crippen molar-refractivity contribution in [1.82, 2.24) is 0 Å². The van der Waals surface area contributed by atoms with E-state index >= 15 is 0 Å². The van der Waals surface area contributed by atoms with E-state index in [0.29, 0.717) is 10.8 Å². The third-order valence-electron chi connectivity index (χ3n) is 2.17. The van der Waals surface area contributed by atoms with Crippen molar-refractivity contribution < 1.29 is 9.53 Å². The minimum absolute atomic E-state index is 0.275. The van der Waals surface area contributed by atoms with Crippen LogP contribution in [0.4, 0.5) is 0 Å². The monoisotopic (exact) mass is 226 g/mol. The highest BCUT2D eigenvalue weighted by atomic mass is 35.5. The Bertz CT molecular complexity index is 383. The van der Waals surface area contributed by atoms with Crippen molar-refractivity contribution in [3.63, 3.8) is 0 Å². The first-order valence-electron chi connectivity index (χ1n) is 4.90. The lowest BCUT2D eigenvalue weighted by Crippen LogP contribution is -2.05. The molecule has 0 spiro atoms. The molecular weight excluding hydrogens is 212 g/mol. The van der Waals surface area contributed by atoms with E-state index in [-0.39, 0.29) is 11.9 Å². The molecule has 0 unspecified atom stereocenters. The largest absolute Gasteiger partial charge is 0.426 e. The smallest absolute Gasteiger partial charge is 0.308 e. The lowest BCUT2D eigenvalue weighted by atomic mass is 10.0. The van der Waals surface area contributed by atoms with Crippen LogP contribution in [0.15, 0.2) is 12.1 Å². The Morgan fingerprint density at radius 2 is 2.00 bits per heavy atom. The van der Waals surface area contributed by atoms with E-state index in [2.05, 4.69) is 0 Å². The van der Waals surface area contributed by atoms with Crippen LogP contribution < -0.4 is 4.74 Å². The molecular formula is C12H15ClO2. The summed E-state index contributed by atoms with van der Waals surface area (Å²) >= 11 is 6.03. The van der Waals surface area contributed by atoms with Crippen molar-refractivity contribution in [3.8, 4) is 5.75 Å². The van der Waals surface area contributed by atoms with Gasteiger partial charge in [-0.05, 0) is 36.1 Å². The Hall–Kier alpha value is -1.02. The molecule has 0 saturated carbocycles. The highest BCUT2D eigenvalue weighted by molar-refractivity contribution is 6.31. The fourth-order valence-electron chi connectivity index (χ4n) is 1.36. The van der Waals surface area contributed by atoms with E-state index in [4.69, 9.17) is 16.3 Å². The van der Waals surface area contributed by atoms with Crippen molar-refractivity contribution in [3.05, 3.63) is 28.3 Å². The van der Waals surface area contributed by atoms with Gasteiger partial charge in [-0.1, -0.05) is 25.4 Å². The average molecular weight is 227 g/mol. The highest BCUT2D eigenvalue weighted by Gasteiger charge is 2.12. The molecule has 1 aromatic carbocycles. The predicted octanol–water partition coefficient (Wildman–Crippen LogP) is 3.70. The molecule has 0 fully saturated rings. The van der Waals surface area contributed by atoms with Crippen LogP contribution in [0.3, 0.4) is 0 Å². The molecule has 0 radical (unpaired) electrons. The van der Waals surface area contributed by atoms with Gasteiger partial charge in [0.2, 0.25) is 0 Å². The number of benzene rings is 1. The van der Waals surface area contributed by atoms with Crippen molar-refractivity contribution in [1.29, 1.82) is 0 Å². The summed E-state index contributed by atoms with van der Waals surface area (Å²) in [6.07, 6.45) is 0. The van der Waals surface area contributed by atoms with Gasteiger partial charge in [-0.3, -0.25) is 4.79 Å². The molecule has 0 saturated heterocycles. The second kappa shape index (κ2) is 4.67. The molecule has 1 aromatic rings. The summed E-state index contributed by atoms with van der Waals surface area (Å²) in [5, 5.41) is 0.703. The zero-order valence-electron chi connectivity index (χ0n) is 9.43. The van der Waals surface area contributed by atoms with E-state index in [0.717, 1.165) is 11.1 Å². The molecule has 2 nitrogen and oxygen atoms in total. The minimum Gasteiger partial charge on any atom is -0.426 e. The predicted molar refractivity (Wildman–Crippen MR) is 61.6 cm³/mol. The van der Waals surface area contributed by atoms with Gasteiger partial charge in [0.15, 0.2) is 0 Å². The molecule has 0 aliphatic heterocycles. The molecule has 1 rings (SSSR count). The maximum absolute atomic E-state index is 10.9. The van der Waals surface area contributed by atoms with Crippen molar-refractivity contribution in [2.24, 2.45) is 0 Å². The zero-order chi connectivity index (χ0) is 11.6. The topological polar surface area (TPSA) is 26.3 Å². The Kier molecular flexibility index (Phi) is 3.75. The van der Waals surface area contributed by atoms with E-state index in [1.54, 1.807) is 6.07 Å². The molecule has 0 bridgehead atoms. The number of aryl methyl sites for hydroxylation is 1. The van der Waals surface area contributed by atoms with Crippen molar-refractivity contribution in [2.75, 3.05) is 0 Å². The summed E-state index contributed by atoms with van der Waals surface area (Å²) in [5.41, 5.74) is 1.87. The van der Waals surface area contributed by atoms with Crippen LogP contribution in [0.5, 0.6) is 5.75 Å². The van der Waals surface area contributed by atoms with Crippen LogP contribution in [-0.4, -0.2) is 5.97 Å². The van der Waals surface area contributed by atoms with Gasteiger partial charge < -0.3 is 4.74 Å². The van der Waals surface area contributed by atoms with E-state index in [1.807, 2.05) is 26.8 Å². The fraction of sp³-hybridized carbons (Fsp3) is 0.417. The number of carbonyl (C=O) groups excluding carboxylic acids is 1. The van der Waals surface area contributed by atoms with Crippen molar-refractivity contribution >= 4 is 17.6 Å². The van der Waals surface area contributed by atoms with E-state index in [9.17, 15) is 4.79 Å². The third kappa shape index (κ3) is 2.96. The molecule has 0 aliphatic carbocycles. The first-order valence-corrected chi connectivity index (χ1v) is 5.28. The molecule has 15 heavy (non-hydrogen) atoms. The summed E-state index contributed by atoms with van der Waals surface area (Å²) in [6.45, 7) is 7.36. The van der Waals surface area contributed by atoms with E-state index in [1.165, 1.54) is 6.92 Å². The summed E-state index contributed by atoms with van der Waals surface area (Å²) in [4.78, 5) is 10.9. The van der Waals surface area contributed by atoms with Gasteiger partial charge in [-0.15, -0.1) is 0 Å². The summed E-state index contributed by atoms with van der Waals surface area (Å²) in [6, 6.07) is 3.67. The van der Waals surface area contributed by atoms with Crippen LogP contribution in [-0.2, 0) is 4.79 Å². The fourth-order valence-corrected chi connectivity index (χ4v) is 1.54.